The predicted octanol–water partition coefficient (Wildman–Crippen LogP) is 1.24. The van der Waals surface area contributed by atoms with E-state index >= 15 is 0 Å². The first-order valence-corrected chi connectivity index (χ1v) is 4.63. The molecule has 1 N–H and O–H groups in total. The van der Waals surface area contributed by atoms with Crippen LogP contribution >= 0.6 is 0 Å². The third kappa shape index (κ3) is 4.72. The van der Waals surface area contributed by atoms with Crippen molar-refractivity contribution in [1.82, 2.24) is 4.90 Å². The van der Waals surface area contributed by atoms with Crippen molar-refractivity contribution in [2.45, 2.75) is 32.7 Å². The Labute approximate surface area is 79.5 Å². The van der Waals surface area contributed by atoms with Crippen LogP contribution in [0.1, 0.15) is 26.7 Å². The number of aliphatic hydroxyl groups excluding tert-OH is 1. The number of hydrogen-bond acceptors (Lipinski definition) is 3. The first-order chi connectivity index (χ1) is 6.13. The normalized spacial score (nSPS) is 12.3. The molecular weight excluding hydrogens is 170 g/mol. The lowest BCUT2D eigenvalue weighted by Crippen LogP contribution is -2.35. The van der Waals surface area contributed by atoms with Crippen molar-refractivity contribution in [1.29, 1.82) is 0 Å². The molecule has 4 nitrogen and oxygen atoms in total. The highest BCUT2D eigenvalue weighted by molar-refractivity contribution is 5.67. The molecule has 0 spiro atoms. The van der Waals surface area contributed by atoms with Gasteiger partial charge in [-0.3, -0.25) is 0 Å². The number of ether oxygens (including phenoxy) is 1. The van der Waals surface area contributed by atoms with Crippen LogP contribution in [-0.2, 0) is 4.74 Å². The zero-order chi connectivity index (χ0) is 10.3. The summed E-state index contributed by atoms with van der Waals surface area (Å²) in [5, 5.41) is 8.44. The molecule has 1 atom stereocenters. The van der Waals surface area contributed by atoms with Crippen LogP contribution in [-0.4, -0.2) is 42.4 Å². The summed E-state index contributed by atoms with van der Waals surface area (Å²) in [5.74, 6) is 0. The smallest absolute Gasteiger partial charge is 0.409 e. The zero-order valence-corrected chi connectivity index (χ0v) is 8.62. The van der Waals surface area contributed by atoms with Crippen molar-refractivity contribution < 1.29 is 14.6 Å². The SMILES string of the molecule is CCCC(C)N(C)C(=O)OCCO. The zero-order valence-electron chi connectivity index (χ0n) is 8.62. The Balaban J connectivity index is 3.79. The number of hydrogen-bond donors (Lipinski definition) is 1. The van der Waals surface area contributed by atoms with Gasteiger partial charge >= 0.3 is 6.09 Å². The van der Waals surface area contributed by atoms with Crippen LogP contribution < -0.4 is 0 Å². The van der Waals surface area contributed by atoms with Crippen molar-refractivity contribution >= 4 is 6.09 Å². The number of carbonyl (C=O) groups is 1. The van der Waals surface area contributed by atoms with Gasteiger partial charge in [0.1, 0.15) is 6.61 Å². The maximum Gasteiger partial charge on any atom is 0.409 e. The number of carbonyl (C=O) groups excluding carboxylic acids is 1. The Kier molecular flexibility index (Phi) is 6.32. The lowest BCUT2D eigenvalue weighted by atomic mass is 10.2. The van der Waals surface area contributed by atoms with Gasteiger partial charge in [-0.2, -0.15) is 0 Å². The van der Waals surface area contributed by atoms with Gasteiger partial charge in [-0.1, -0.05) is 13.3 Å². The van der Waals surface area contributed by atoms with Gasteiger partial charge < -0.3 is 14.7 Å². The molecule has 0 radical (unpaired) electrons. The average molecular weight is 189 g/mol. The van der Waals surface area contributed by atoms with E-state index in [-0.39, 0.29) is 25.3 Å². The molecule has 0 aromatic carbocycles. The maximum absolute atomic E-state index is 11.2. The first-order valence-electron chi connectivity index (χ1n) is 4.63. The molecule has 0 aliphatic carbocycles. The van der Waals surface area contributed by atoms with Crippen LogP contribution in [0.4, 0.5) is 4.79 Å². The third-order valence-corrected chi connectivity index (χ3v) is 1.97. The Hall–Kier alpha value is -0.770. The fourth-order valence-corrected chi connectivity index (χ4v) is 1.03. The number of amides is 1. The van der Waals surface area contributed by atoms with Crippen LogP contribution in [0.15, 0.2) is 0 Å². The maximum atomic E-state index is 11.2. The van der Waals surface area contributed by atoms with E-state index in [2.05, 4.69) is 6.92 Å². The molecule has 0 aliphatic heterocycles. The van der Waals surface area contributed by atoms with Gasteiger partial charge in [0, 0.05) is 13.1 Å². The van der Waals surface area contributed by atoms with Gasteiger partial charge in [-0.05, 0) is 13.3 Å². The summed E-state index contributed by atoms with van der Waals surface area (Å²) < 4.78 is 4.76. The third-order valence-electron chi connectivity index (χ3n) is 1.97. The number of aliphatic hydroxyl groups is 1. The number of nitrogens with zero attached hydrogens (tertiary/aromatic N) is 1. The highest BCUT2D eigenvalue weighted by Gasteiger charge is 2.15. The molecule has 0 saturated carbocycles. The molecular formula is C9H19NO3. The van der Waals surface area contributed by atoms with E-state index in [1.807, 2.05) is 6.92 Å². The van der Waals surface area contributed by atoms with E-state index in [0.717, 1.165) is 12.8 Å². The van der Waals surface area contributed by atoms with E-state index in [1.54, 1.807) is 11.9 Å². The van der Waals surface area contributed by atoms with Crippen LogP contribution in [0.2, 0.25) is 0 Å². The lowest BCUT2D eigenvalue weighted by Gasteiger charge is -2.23. The van der Waals surface area contributed by atoms with Crippen molar-refractivity contribution in [2.75, 3.05) is 20.3 Å². The molecule has 0 aromatic heterocycles. The Morgan fingerprint density at radius 1 is 1.62 bits per heavy atom. The second-order valence-electron chi connectivity index (χ2n) is 3.09. The lowest BCUT2D eigenvalue weighted by molar-refractivity contribution is 0.0808. The van der Waals surface area contributed by atoms with Crippen LogP contribution in [0.3, 0.4) is 0 Å². The van der Waals surface area contributed by atoms with Crippen LogP contribution in [0, 0.1) is 0 Å². The molecule has 4 heteroatoms. The van der Waals surface area contributed by atoms with E-state index in [1.165, 1.54) is 0 Å². The van der Waals surface area contributed by atoms with Crippen LogP contribution in [0.5, 0.6) is 0 Å². The van der Waals surface area contributed by atoms with Crippen molar-refractivity contribution in [3.05, 3.63) is 0 Å². The molecule has 0 saturated heterocycles. The molecule has 78 valence electrons. The monoisotopic (exact) mass is 189 g/mol. The molecule has 0 fully saturated rings. The largest absolute Gasteiger partial charge is 0.447 e. The summed E-state index contributed by atoms with van der Waals surface area (Å²) in [7, 11) is 1.71. The number of rotatable bonds is 5. The van der Waals surface area contributed by atoms with Gasteiger partial charge in [-0.15, -0.1) is 0 Å². The molecule has 0 aliphatic rings. The highest BCUT2D eigenvalue weighted by Crippen LogP contribution is 2.05. The molecule has 0 aromatic rings. The fraction of sp³-hybridized carbons (Fsp3) is 0.889. The van der Waals surface area contributed by atoms with E-state index in [4.69, 9.17) is 9.84 Å². The fourth-order valence-electron chi connectivity index (χ4n) is 1.03. The van der Waals surface area contributed by atoms with Crippen molar-refractivity contribution in [2.24, 2.45) is 0 Å². The Morgan fingerprint density at radius 3 is 2.69 bits per heavy atom. The summed E-state index contributed by atoms with van der Waals surface area (Å²) in [5.41, 5.74) is 0. The Morgan fingerprint density at radius 2 is 2.23 bits per heavy atom. The quantitative estimate of drug-likeness (QED) is 0.707. The van der Waals surface area contributed by atoms with Gasteiger partial charge in [0.25, 0.3) is 0 Å². The molecule has 0 rings (SSSR count). The van der Waals surface area contributed by atoms with E-state index in [0.29, 0.717) is 0 Å². The van der Waals surface area contributed by atoms with Gasteiger partial charge in [0.05, 0.1) is 6.61 Å². The molecule has 0 bridgehead atoms. The van der Waals surface area contributed by atoms with E-state index in [9.17, 15) is 4.79 Å². The minimum absolute atomic E-state index is 0.0714. The highest BCUT2D eigenvalue weighted by atomic mass is 16.6. The van der Waals surface area contributed by atoms with Crippen molar-refractivity contribution in [3.63, 3.8) is 0 Å². The summed E-state index contributed by atoms with van der Waals surface area (Å²) in [6.07, 6.45) is 1.64. The second-order valence-corrected chi connectivity index (χ2v) is 3.09. The topological polar surface area (TPSA) is 49.8 Å². The minimum atomic E-state index is -0.366. The molecule has 1 unspecified atom stereocenters. The summed E-state index contributed by atoms with van der Waals surface area (Å²) in [6.45, 7) is 4.00. The van der Waals surface area contributed by atoms with Gasteiger partial charge in [0.2, 0.25) is 0 Å². The first kappa shape index (κ1) is 12.2. The summed E-state index contributed by atoms with van der Waals surface area (Å²) >= 11 is 0. The summed E-state index contributed by atoms with van der Waals surface area (Å²) in [4.78, 5) is 12.8. The standard InChI is InChI=1S/C9H19NO3/c1-4-5-8(2)10(3)9(12)13-7-6-11/h8,11H,4-7H2,1-3H3. The molecule has 1 amide bonds. The van der Waals surface area contributed by atoms with Crippen molar-refractivity contribution in [3.8, 4) is 0 Å². The van der Waals surface area contributed by atoms with E-state index < -0.39 is 0 Å². The predicted molar refractivity (Wildman–Crippen MR) is 50.6 cm³/mol. The molecule has 0 heterocycles. The summed E-state index contributed by atoms with van der Waals surface area (Å²) in [6, 6.07) is 0.191. The average Bonchev–Trinajstić information content (AvgIpc) is 2.13. The minimum Gasteiger partial charge on any atom is -0.447 e. The molecule has 13 heavy (non-hydrogen) atoms. The van der Waals surface area contributed by atoms with Gasteiger partial charge in [-0.25, -0.2) is 4.79 Å². The Bertz CT molecular complexity index is 150. The second kappa shape index (κ2) is 6.71. The van der Waals surface area contributed by atoms with Crippen LogP contribution in [0.25, 0.3) is 0 Å². The van der Waals surface area contributed by atoms with Gasteiger partial charge in [0.15, 0.2) is 0 Å².